The number of rotatable bonds is 4. The Balaban J connectivity index is 2.24. The minimum absolute atomic E-state index is 0.0497. The van der Waals surface area contributed by atoms with E-state index in [1.165, 1.54) is 18.2 Å². The molecule has 1 nitrogen and oxygen atoms in total. The van der Waals surface area contributed by atoms with E-state index < -0.39 is 11.6 Å². The van der Waals surface area contributed by atoms with Crippen molar-refractivity contribution in [1.82, 2.24) is 0 Å². The second-order valence-electron chi connectivity index (χ2n) is 4.19. The van der Waals surface area contributed by atoms with E-state index in [1.54, 1.807) is 0 Å². The molecule has 0 aliphatic heterocycles. The Morgan fingerprint density at radius 1 is 1.05 bits per heavy atom. The normalized spacial score (nSPS) is 10.5. The quantitative estimate of drug-likeness (QED) is 0.737. The molecule has 0 radical (unpaired) electrons. The van der Waals surface area contributed by atoms with E-state index in [4.69, 9.17) is 4.74 Å². The van der Waals surface area contributed by atoms with Gasteiger partial charge in [-0.05, 0) is 24.6 Å². The molecule has 0 aromatic heterocycles. The lowest BCUT2D eigenvalue weighted by molar-refractivity contribution is 0.288. The van der Waals surface area contributed by atoms with Gasteiger partial charge >= 0.3 is 0 Å². The van der Waals surface area contributed by atoms with Gasteiger partial charge in [-0.15, -0.1) is 0 Å². The molecular weight excluding hydrogens is 314 g/mol. The van der Waals surface area contributed by atoms with Crippen molar-refractivity contribution in [1.29, 1.82) is 0 Å². The Bertz CT molecular complexity index is 564. The van der Waals surface area contributed by atoms with Crippen molar-refractivity contribution in [3.05, 3.63) is 64.7 Å². The van der Waals surface area contributed by atoms with Gasteiger partial charge in [0.2, 0.25) is 0 Å². The topological polar surface area (TPSA) is 9.23 Å². The second kappa shape index (κ2) is 6.15. The molecule has 0 atom stereocenters. The van der Waals surface area contributed by atoms with Crippen molar-refractivity contribution in [3.63, 3.8) is 0 Å². The molecule has 0 saturated heterocycles. The van der Waals surface area contributed by atoms with Gasteiger partial charge in [0.05, 0.1) is 5.56 Å². The van der Waals surface area contributed by atoms with Crippen LogP contribution in [0.5, 0.6) is 5.75 Å². The first kappa shape index (κ1) is 14.0. The zero-order valence-corrected chi connectivity index (χ0v) is 12.0. The predicted molar refractivity (Wildman–Crippen MR) is 74.5 cm³/mol. The van der Waals surface area contributed by atoms with E-state index in [-0.39, 0.29) is 12.2 Å². The van der Waals surface area contributed by atoms with Crippen LogP contribution in [-0.4, -0.2) is 0 Å². The molecule has 19 heavy (non-hydrogen) atoms. The number of ether oxygens (including phenoxy) is 1. The monoisotopic (exact) mass is 326 g/mol. The van der Waals surface area contributed by atoms with Gasteiger partial charge in [-0.25, -0.2) is 8.78 Å². The number of aryl methyl sites for hydroxylation is 1. The Kier molecular flexibility index (Phi) is 4.53. The fourth-order valence-corrected chi connectivity index (χ4v) is 2.28. The second-order valence-corrected chi connectivity index (χ2v) is 4.75. The lowest BCUT2D eigenvalue weighted by Crippen LogP contribution is -2.04. The summed E-state index contributed by atoms with van der Waals surface area (Å²) in [6, 6.07) is 9.53. The summed E-state index contributed by atoms with van der Waals surface area (Å²) in [5.74, 6) is -0.509. The summed E-state index contributed by atoms with van der Waals surface area (Å²) in [5.41, 5.74) is 1.84. The van der Waals surface area contributed by atoms with E-state index in [2.05, 4.69) is 15.9 Å². The van der Waals surface area contributed by atoms with Gasteiger partial charge in [0.25, 0.3) is 0 Å². The minimum atomic E-state index is -0.589. The first-order valence-corrected chi connectivity index (χ1v) is 6.95. The van der Waals surface area contributed by atoms with E-state index >= 15 is 0 Å². The van der Waals surface area contributed by atoms with Crippen LogP contribution in [0, 0.1) is 18.6 Å². The molecule has 0 fully saturated rings. The summed E-state index contributed by atoms with van der Waals surface area (Å²) in [5, 5.41) is 0.629. The number of hydrogen-bond acceptors (Lipinski definition) is 1. The minimum Gasteiger partial charge on any atom is -0.488 e. The van der Waals surface area contributed by atoms with Crippen LogP contribution < -0.4 is 4.74 Å². The van der Waals surface area contributed by atoms with Gasteiger partial charge in [-0.1, -0.05) is 40.2 Å². The van der Waals surface area contributed by atoms with E-state index in [1.807, 2.05) is 25.1 Å². The Morgan fingerprint density at radius 3 is 2.32 bits per heavy atom. The third-order valence-electron chi connectivity index (χ3n) is 2.86. The van der Waals surface area contributed by atoms with Crippen LogP contribution in [0.2, 0.25) is 0 Å². The van der Waals surface area contributed by atoms with Gasteiger partial charge < -0.3 is 4.74 Å². The fraction of sp³-hybridized carbons (Fsp3) is 0.200. The highest BCUT2D eigenvalue weighted by atomic mass is 79.9. The molecule has 0 N–H and O–H groups in total. The van der Waals surface area contributed by atoms with Gasteiger partial charge in [0.15, 0.2) is 0 Å². The lowest BCUT2D eigenvalue weighted by atomic mass is 10.1. The molecule has 0 bridgehead atoms. The molecule has 4 heteroatoms. The summed E-state index contributed by atoms with van der Waals surface area (Å²) in [4.78, 5) is 0. The zero-order valence-electron chi connectivity index (χ0n) is 10.4. The third kappa shape index (κ3) is 3.13. The molecule has 0 saturated carbocycles. The van der Waals surface area contributed by atoms with Crippen LogP contribution in [0.4, 0.5) is 8.78 Å². The van der Waals surface area contributed by atoms with Crippen LogP contribution in [0.25, 0.3) is 0 Å². The zero-order chi connectivity index (χ0) is 13.8. The van der Waals surface area contributed by atoms with Crippen molar-refractivity contribution in [3.8, 4) is 5.75 Å². The number of hydrogen-bond donors (Lipinski definition) is 0. The Morgan fingerprint density at radius 2 is 1.68 bits per heavy atom. The standard InChI is InChI=1S/C15H13BrF2O/c1-10-4-2-5-11(8-16)15(10)19-9-12-13(17)6-3-7-14(12)18/h2-7H,8-9H2,1H3. The third-order valence-corrected chi connectivity index (χ3v) is 3.46. The van der Waals surface area contributed by atoms with Gasteiger partial charge in [-0.3, -0.25) is 0 Å². The first-order chi connectivity index (χ1) is 9.13. The molecule has 0 aliphatic rings. The summed E-state index contributed by atoms with van der Waals surface area (Å²) in [6.45, 7) is 1.78. The number of alkyl halides is 1. The van der Waals surface area contributed by atoms with Crippen molar-refractivity contribution < 1.29 is 13.5 Å². The lowest BCUT2D eigenvalue weighted by Gasteiger charge is -2.13. The first-order valence-electron chi connectivity index (χ1n) is 5.83. The molecule has 100 valence electrons. The molecular formula is C15H13BrF2O. The van der Waals surface area contributed by atoms with Crippen LogP contribution >= 0.6 is 15.9 Å². The SMILES string of the molecule is Cc1cccc(CBr)c1OCc1c(F)cccc1F. The van der Waals surface area contributed by atoms with Crippen molar-refractivity contribution in [2.24, 2.45) is 0 Å². The van der Waals surface area contributed by atoms with Gasteiger partial charge in [0, 0.05) is 10.9 Å². The maximum Gasteiger partial charge on any atom is 0.132 e. The number of para-hydroxylation sites is 1. The molecule has 0 aliphatic carbocycles. The number of benzene rings is 2. The maximum atomic E-state index is 13.5. The molecule has 2 rings (SSSR count). The molecule has 0 spiro atoms. The van der Waals surface area contributed by atoms with Crippen LogP contribution in [0.15, 0.2) is 36.4 Å². The highest BCUT2D eigenvalue weighted by Gasteiger charge is 2.11. The van der Waals surface area contributed by atoms with Crippen molar-refractivity contribution in [2.75, 3.05) is 0 Å². The Labute approximate surface area is 119 Å². The molecule has 2 aromatic carbocycles. The van der Waals surface area contributed by atoms with Crippen molar-refractivity contribution >= 4 is 15.9 Å². The van der Waals surface area contributed by atoms with Crippen molar-refractivity contribution in [2.45, 2.75) is 18.9 Å². The van der Waals surface area contributed by atoms with Gasteiger partial charge in [0.1, 0.15) is 24.0 Å². The number of halogens is 3. The Hall–Kier alpha value is -1.42. The average Bonchev–Trinajstić information content (AvgIpc) is 2.39. The molecule has 2 aromatic rings. The summed E-state index contributed by atoms with van der Waals surface area (Å²) < 4.78 is 32.6. The molecule has 0 unspecified atom stereocenters. The van der Waals surface area contributed by atoms with Crippen LogP contribution in [-0.2, 0) is 11.9 Å². The van der Waals surface area contributed by atoms with E-state index in [9.17, 15) is 8.78 Å². The smallest absolute Gasteiger partial charge is 0.132 e. The maximum absolute atomic E-state index is 13.5. The van der Waals surface area contributed by atoms with E-state index in [0.717, 1.165) is 11.1 Å². The highest BCUT2D eigenvalue weighted by molar-refractivity contribution is 9.08. The average molecular weight is 327 g/mol. The summed E-state index contributed by atoms with van der Waals surface area (Å²) in [7, 11) is 0. The fourth-order valence-electron chi connectivity index (χ4n) is 1.84. The summed E-state index contributed by atoms with van der Waals surface area (Å²) in [6.07, 6.45) is 0. The molecule has 0 heterocycles. The predicted octanol–water partition coefficient (Wildman–Crippen LogP) is 4.75. The highest BCUT2D eigenvalue weighted by Crippen LogP contribution is 2.27. The van der Waals surface area contributed by atoms with E-state index in [0.29, 0.717) is 11.1 Å². The van der Waals surface area contributed by atoms with Crippen LogP contribution in [0.1, 0.15) is 16.7 Å². The largest absolute Gasteiger partial charge is 0.488 e. The van der Waals surface area contributed by atoms with Crippen LogP contribution in [0.3, 0.4) is 0 Å². The molecule has 0 amide bonds. The van der Waals surface area contributed by atoms with Gasteiger partial charge in [-0.2, -0.15) is 0 Å². The summed E-state index contributed by atoms with van der Waals surface area (Å²) >= 11 is 3.37.